The molecule has 0 bridgehead atoms. The van der Waals surface area contributed by atoms with E-state index < -0.39 is 0 Å². The second-order valence-electron chi connectivity index (χ2n) is 6.55. The number of rotatable bonds is 8. The standard InChI is InChI=1S/C21H26N4O2/c1-24(13-6-14-26)15-20-22-19-8-5-4-7-18(19)21(23-20)25(2)16-9-11-17(27-3)12-10-16/h4-5,7-12,26H,6,13-15H2,1-3H3. The van der Waals surface area contributed by atoms with E-state index in [2.05, 4.69) is 9.80 Å². The first-order valence-electron chi connectivity index (χ1n) is 9.05. The summed E-state index contributed by atoms with van der Waals surface area (Å²) in [6, 6.07) is 16.0. The largest absolute Gasteiger partial charge is 0.497 e. The fourth-order valence-corrected chi connectivity index (χ4v) is 3.02. The van der Waals surface area contributed by atoms with Gasteiger partial charge >= 0.3 is 0 Å². The van der Waals surface area contributed by atoms with Crippen LogP contribution in [0.1, 0.15) is 12.2 Å². The summed E-state index contributed by atoms with van der Waals surface area (Å²) in [6.45, 7) is 1.62. The van der Waals surface area contributed by atoms with E-state index in [1.54, 1.807) is 7.11 Å². The molecular formula is C21H26N4O2. The predicted molar refractivity (Wildman–Crippen MR) is 109 cm³/mol. The number of aromatic nitrogens is 2. The minimum Gasteiger partial charge on any atom is -0.497 e. The van der Waals surface area contributed by atoms with Crippen LogP contribution in [0, 0.1) is 0 Å². The lowest BCUT2D eigenvalue weighted by molar-refractivity contribution is 0.242. The Kier molecular flexibility index (Phi) is 6.21. The van der Waals surface area contributed by atoms with Crippen molar-refractivity contribution in [1.29, 1.82) is 0 Å². The van der Waals surface area contributed by atoms with Gasteiger partial charge in [0.05, 0.1) is 19.2 Å². The first-order valence-corrected chi connectivity index (χ1v) is 9.05. The maximum atomic E-state index is 9.03. The van der Waals surface area contributed by atoms with Crippen molar-refractivity contribution in [2.75, 3.05) is 39.3 Å². The SMILES string of the molecule is COc1ccc(N(C)c2nc(CN(C)CCCO)nc3ccccc23)cc1. The number of aliphatic hydroxyl groups is 1. The van der Waals surface area contributed by atoms with Crippen LogP contribution in [0.3, 0.4) is 0 Å². The quantitative estimate of drug-likeness (QED) is 0.660. The summed E-state index contributed by atoms with van der Waals surface area (Å²) in [7, 11) is 5.69. The van der Waals surface area contributed by atoms with Crippen LogP contribution in [0.5, 0.6) is 5.75 Å². The predicted octanol–water partition coefficient (Wildman–Crippen LogP) is 3.22. The van der Waals surface area contributed by atoms with Crippen molar-refractivity contribution in [3.63, 3.8) is 0 Å². The Balaban J connectivity index is 1.96. The molecule has 0 aliphatic rings. The zero-order chi connectivity index (χ0) is 19.2. The number of benzene rings is 2. The van der Waals surface area contributed by atoms with Crippen molar-refractivity contribution in [2.45, 2.75) is 13.0 Å². The normalized spacial score (nSPS) is 11.1. The average Bonchev–Trinajstić information content (AvgIpc) is 2.71. The van der Waals surface area contributed by atoms with E-state index in [4.69, 9.17) is 19.8 Å². The Morgan fingerprint density at radius 2 is 1.74 bits per heavy atom. The van der Waals surface area contributed by atoms with Gasteiger partial charge in [-0.15, -0.1) is 0 Å². The molecule has 0 radical (unpaired) electrons. The second-order valence-corrected chi connectivity index (χ2v) is 6.55. The Labute approximate surface area is 160 Å². The number of ether oxygens (including phenoxy) is 1. The van der Waals surface area contributed by atoms with Crippen molar-refractivity contribution in [3.05, 3.63) is 54.4 Å². The van der Waals surface area contributed by atoms with Gasteiger partial charge in [-0.2, -0.15) is 0 Å². The summed E-state index contributed by atoms with van der Waals surface area (Å²) < 4.78 is 5.25. The third-order valence-electron chi connectivity index (χ3n) is 4.52. The highest BCUT2D eigenvalue weighted by molar-refractivity contribution is 5.91. The Morgan fingerprint density at radius 3 is 2.44 bits per heavy atom. The van der Waals surface area contributed by atoms with E-state index >= 15 is 0 Å². The van der Waals surface area contributed by atoms with Gasteiger partial charge in [0.1, 0.15) is 17.4 Å². The molecule has 0 spiro atoms. The molecule has 0 saturated carbocycles. The monoisotopic (exact) mass is 366 g/mol. The molecule has 0 aliphatic carbocycles. The van der Waals surface area contributed by atoms with Gasteiger partial charge in [0, 0.05) is 31.3 Å². The smallest absolute Gasteiger partial charge is 0.145 e. The van der Waals surface area contributed by atoms with Gasteiger partial charge in [0.25, 0.3) is 0 Å². The van der Waals surface area contributed by atoms with E-state index in [1.165, 1.54) is 0 Å². The summed E-state index contributed by atoms with van der Waals surface area (Å²) in [4.78, 5) is 13.8. The number of hydrogen-bond acceptors (Lipinski definition) is 6. The van der Waals surface area contributed by atoms with E-state index in [9.17, 15) is 0 Å². The summed E-state index contributed by atoms with van der Waals surface area (Å²) >= 11 is 0. The van der Waals surface area contributed by atoms with Crippen molar-refractivity contribution in [2.24, 2.45) is 0 Å². The van der Waals surface area contributed by atoms with Gasteiger partial charge in [0.2, 0.25) is 0 Å². The number of aliphatic hydroxyl groups excluding tert-OH is 1. The van der Waals surface area contributed by atoms with Crippen LogP contribution < -0.4 is 9.64 Å². The summed E-state index contributed by atoms with van der Waals surface area (Å²) in [5.41, 5.74) is 1.95. The lowest BCUT2D eigenvalue weighted by atomic mass is 10.2. The van der Waals surface area contributed by atoms with Crippen molar-refractivity contribution in [1.82, 2.24) is 14.9 Å². The summed E-state index contributed by atoms with van der Waals surface area (Å²) in [6.07, 6.45) is 0.739. The molecule has 27 heavy (non-hydrogen) atoms. The van der Waals surface area contributed by atoms with Gasteiger partial charge in [-0.3, -0.25) is 4.90 Å². The Bertz CT molecular complexity index is 883. The lowest BCUT2D eigenvalue weighted by Crippen LogP contribution is -2.22. The average molecular weight is 366 g/mol. The molecule has 0 unspecified atom stereocenters. The molecule has 0 amide bonds. The maximum absolute atomic E-state index is 9.03. The number of fused-ring (bicyclic) bond motifs is 1. The highest BCUT2D eigenvalue weighted by Crippen LogP contribution is 2.30. The molecule has 142 valence electrons. The second kappa shape index (κ2) is 8.79. The van der Waals surface area contributed by atoms with Gasteiger partial charge in [0.15, 0.2) is 0 Å². The number of para-hydroxylation sites is 1. The summed E-state index contributed by atoms with van der Waals surface area (Å²) in [5.74, 6) is 2.46. The molecule has 6 heteroatoms. The van der Waals surface area contributed by atoms with E-state index in [0.29, 0.717) is 6.54 Å². The fourth-order valence-electron chi connectivity index (χ4n) is 3.02. The lowest BCUT2D eigenvalue weighted by Gasteiger charge is -2.22. The number of anilines is 2. The number of methoxy groups -OCH3 is 1. The van der Waals surface area contributed by atoms with Crippen molar-refractivity contribution >= 4 is 22.4 Å². The molecule has 1 N–H and O–H groups in total. The number of nitrogens with zero attached hydrogens (tertiary/aromatic N) is 4. The topological polar surface area (TPSA) is 61.7 Å². The van der Waals surface area contributed by atoms with Crippen LogP contribution in [-0.2, 0) is 6.54 Å². The Hall–Kier alpha value is -2.70. The van der Waals surface area contributed by atoms with Crippen molar-refractivity contribution in [3.8, 4) is 5.75 Å². The fraction of sp³-hybridized carbons (Fsp3) is 0.333. The van der Waals surface area contributed by atoms with Crippen LogP contribution in [0.25, 0.3) is 10.9 Å². The molecule has 0 saturated heterocycles. The van der Waals surface area contributed by atoms with Crippen LogP contribution in [0.2, 0.25) is 0 Å². The molecular weight excluding hydrogens is 340 g/mol. The first-order chi connectivity index (χ1) is 13.1. The zero-order valence-corrected chi connectivity index (χ0v) is 16.1. The van der Waals surface area contributed by atoms with Crippen LogP contribution in [0.15, 0.2) is 48.5 Å². The van der Waals surface area contributed by atoms with Gasteiger partial charge in [-0.1, -0.05) is 12.1 Å². The van der Waals surface area contributed by atoms with Gasteiger partial charge in [-0.05, 0) is 49.9 Å². The van der Waals surface area contributed by atoms with Crippen LogP contribution in [-0.4, -0.2) is 54.3 Å². The third-order valence-corrected chi connectivity index (χ3v) is 4.52. The molecule has 6 nitrogen and oxygen atoms in total. The molecule has 3 aromatic rings. The molecule has 0 fully saturated rings. The molecule has 2 aromatic carbocycles. The Morgan fingerprint density at radius 1 is 1.00 bits per heavy atom. The minimum atomic E-state index is 0.189. The molecule has 1 aromatic heterocycles. The molecule has 3 rings (SSSR count). The third kappa shape index (κ3) is 4.53. The van der Waals surface area contributed by atoms with Crippen LogP contribution >= 0.6 is 0 Å². The van der Waals surface area contributed by atoms with Crippen molar-refractivity contribution < 1.29 is 9.84 Å². The van der Waals surface area contributed by atoms with Crippen LogP contribution in [0.4, 0.5) is 11.5 Å². The summed E-state index contributed by atoms with van der Waals surface area (Å²) in [5, 5.41) is 10.0. The highest BCUT2D eigenvalue weighted by atomic mass is 16.5. The minimum absolute atomic E-state index is 0.189. The maximum Gasteiger partial charge on any atom is 0.145 e. The van der Waals surface area contributed by atoms with E-state index in [-0.39, 0.29) is 6.61 Å². The van der Waals surface area contributed by atoms with Gasteiger partial charge < -0.3 is 14.7 Å². The number of hydrogen-bond donors (Lipinski definition) is 1. The van der Waals surface area contributed by atoms with E-state index in [0.717, 1.165) is 46.9 Å². The first kappa shape index (κ1) is 19.1. The van der Waals surface area contributed by atoms with E-state index in [1.807, 2.05) is 62.6 Å². The van der Waals surface area contributed by atoms with Gasteiger partial charge in [-0.25, -0.2) is 9.97 Å². The molecule has 1 heterocycles. The molecule has 0 atom stereocenters. The zero-order valence-electron chi connectivity index (χ0n) is 16.1. The molecule has 0 aliphatic heterocycles. The highest BCUT2D eigenvalue weighted by Gasteiger charge is 2.14.